The summed E-state index contributed by atoms with van der Waals surface area (Å²) in [6, 6.07) is 11.0. The van der Waals surface area contributed by atoms with E-state index in [1.165, 1.54) is 47.6 Å². The van der Waals surface area contributed by atoms with E-state index >= 15 is 0 Å². The van der Waals surface area contributed by atoms with Gasteiger partial charge in [0, 0.05) is 10.4 Å². The first-order valence-corrected chi connectivity index (χ1v) is 10.3. The van der Waals surface area contributed by atoms with Crippen LogP contribution in [0.5, 0.6) is 5.75 Å². The van der Waals surface area contributed by atoms with E-state index in [0.29, 0.717) is 22.0 Å². The number of Topliss-reactive ketones (excluding diaryl/α,β-unsaturated/α-hetero) is 1. The zero-order chi connectivity index (χ0) is 22.3. The number of ether oxygens (including phenoxy) is 1. The first kappa shape index (κ1) is 20.7. The Balaban J connectivity index is 1.92. The molecule has 1 fully saturated rings. The van der Waals surface area contributed by atoms with Gasteiger partial charge in [-0.3, -0.25) is 14.5 Å². The Hall–Kier alpha value is -3.52. The molecule has 0 radical (unpaired) electrons. The number of aliphatic hydroxyl groups excluding tert-OH is 1. The van der Waals surface area contributed by atoms with Crippen LogP contribution >= 0.6 is 11.3 Å². The number of amides is 1. The van der Waals surface area contributed by atoms with E-state index < -0.39 is 23.5 Å². The van der Waals surface area contributed by atoms with Crippen LogP contribution in [0, 0.1) is 19.7 Å². The van der Waals surface area contributed by atoms with Crippen LogP contribution < -0.4 is 9.64 Å². The van der Waals surface area contributed by atoms with E-state index in [1.54, 1.807) is 24.3 Å². The van der Waals surface area contributed by atoms with Crippen molar-refractivity contribution in [3.8, 4) is 5.75 Å². The number of halogens is 1. The third-order valence-electron chi connectivity index (χ3n) is 5.22. The number of carbonyl (C=O) groups excluding carboxylic acids is 2. The van der Waals surface area contributed by atoms with E-state index in [0.717, 1.165) is 10.6 Å². The monoisotopic (exact) mass is 438 g/mol. The van der Waals surface area contributed by atoms with Gasteiger partial charge in [-0.2, -0.15) is 0 Å². The van der Waals surface area contributed by atoms with Crippen LogP contribution in [0.25, 0.3) is 5.76 Å². The number of nitrogens with zero attached hydrogens (tertiary/aromatic N) is 2. The Morgan fingerprint density at radius 2 is 1.74 bits per heavy atom. The van der Waals surface area contributed by atoms with Crippen molar-refractivity contribution in [1.82, 2.24) is 4.98 Å². The van der Waals surface area contributed by atoms with Crippen molar-refractivity contribution in [1.29, 1.82) is 0 Å². The predicted molar refractivity (Wildman–Crippen MR) is 116 cm³/mol. The molecule has 0 aliphatic carbocycles. The lowest BCUT2D eigenvalue weighted by Crippen LogP contribution is -2.29. The van der Waals surface area contributed by atoms with Crippen molar-refractivity contribution >= 4 is 33.9 Å². The van der Waals surface area contributed by atoms with Crippen LogP contribution in [-0.4, -0.2) is 28.9 Å². The second-order valence-corrected chi connectivity index (χ2v) is 8.27. The fourth-order valence-corrected chi connectivity index (χ4v) is 4.39. The highest BCUT2D eigenvalue weighted by atomic mass is 32.1. The zero-order valence-electron chi connectivity index (χ0n) is 17.0. The van der Waals surface area contributed by atoms with Crippen LogP contribution in [0.1, 0.15) is 27.7 Å². The molecule has 2 heterocycles. The number of hydrogen-bond donors (Lipinski definition) is 1. The van der Waals surface area contributed by atoms with Crippen molar-refractivity contribution < 1.29 is 23.8 Å². The SMILES string of the molecule is COc1ccc(/C(O)=C2\C(=O)C(=O)N(c3nc(C)c(C)s3)[C@H]2c2ccc(F)cc2)cc1. The van der Waals surface area contributed by atoms with Gasteiger partial charge in [-0.1, -0.05) is 12.1 Å². The summed E-state index contributed by atoms with van der Waals surface area (Å²) in [5.74, 6) is -1.80. The summed E-state index contributed by atoms with van der Waals surface area (Å²) in [7, 11) is 1.52. The third kappa shape index (κ3) is 3.59. The Labute approximate surface area is 182 Å². The Morgan fingerprint density at radius 1 is 1.10 bits per heavy atom. The number of anilines is 1. The largest absolute Gasteiger partial charge is 0.507 e. The summed E-state index contributed by atoms with van der Waals surface area (Å²) >= 11 is 1.28. The van der Waals surface area contributed by atoms with Crippen molar-refractivity contribution in [2.75, 3.05) is 12.0 Å². The maximum absolute atomic E-state index is 13.6. The molecule has 1 aliphatic rings. The minimum atomic E-state index is -0.937. The van der Waals surface area contributed by atoms with E-state index in [-0.39, 0.29) is 11.3 Å². The summed E-state index contributed by atoms with van der Waals surface area (Å²) in [6.07, 6.45) is 0. The second-order valence-electron chi connectivity index (χ2n) is 7.09. The van der Waals surface area contributed by atoms with Crippen LogP contribution in [0.3, 0.4) is 0 Å². The zero-order valence-corrected chi connectivity index (χ0v) is 17.9. The molecule has 1 atom stereocenters. The topological polar surface area (TPSA) is 79.7 Å². The highest BCUT2D eigenvalue weighted by molar-refractivity contribution is 7.16. The summed E-state index contributed by atoms with van der Waals surface area (Å²) in [5.41, 5.74) is 1.51. The number of thiazole rings is 1. The average Bonchev–Trinajstić information content (AvgIpc) is 3.23. The van der Waals surface area contributed by atoms with Crippen molar-refractivity contribution in [2.24, 2.45) is 0 Å². The molecule has 3 aromatic rings. The molecule has 1 aromatic heterocycles. The summed E-state index contributed by atoms with van der Waals surface area (Å²) < 4.78 is 18.7. The molecule has 1 amide bonds. The number of aliphatic hydroxyl groups is 1. The van der Waals surface area contributed by atoms with E-state index in [2.05, 4.69) is 4.98 Å². The van der Waals surface area contributed by atoms with Crippen LogP contribution in [-0.2, 0) is 9.59 Å². The number of rotatable bonds is 4. The van der Waals surface area contributed by atoms with E-state index in [4.69, 9.17) is 4.74 Å². The third-order valence-corrected chi connectivity index (χ3v) is 6.29. The lowest BCUT2D eigenvalue weighted by molar-refractivity contribution is -0.132. The standard InChI is InChI=1S/C23H19FN2O4S/c1-12-13(2)31-23(25-12)26-19(14-4-8-16(24)9-5-14)18(21(28)22(26)29)20(27)15-6-10-17(30-3)11-7-15/h4-11,19,27H,1-3H3/b20-18+/t19-/m0/s1. The Bertz CT molecular complexity index is 1180. The Morgan fingerprint density at radius 3 is 2.29 bits per heavy atom. The van der Waals surface area contributed by atoms with Gasteiger partial charge in [0.15, 0.2) is 5.13 Å². The number of methoxy groups -OCH3 is 1. The van der Waals surface area contributed by atoms with Crippen LogP contribution in [0.4, 0.5) is 9.52 Å². The van der Waals surface area contributed by atoms with Gasteiger partial charge in [0.2, 0.25) is 0 Å². The number of aryl methyl sites for hydroxylation is 2. The first-order chi connectivity index (χ1) is 14.8. The van der Waals surface area contributed by atoms with Gasteiger partial charge >= 0.3 is 5.91 Å². The smallest absolute Gasteiger partial charge is 0.301 e. The van der Waals surface area contributed by atoms with Crippen LogP contribution in [0.15, 0.2) is 54.1 Å². The fraction of sp³-hybridized carbons (Fsp3) is 0.174. The molecule has 1 aliphatic heterocycles. The molecule has 0 saturated carbocycles. The van der Waals surface area contributed by atoms with Gasteiger partial charge in [-0.15, -0.1) is 11.3 Å². The lowest BCUT2D eigenvalue weighted by Gasteiger charge is -2.23. The van der Waals surface area contributed by atoms with Crippen molar-refractivity contribution in [2.45, 2.75) is 19.9 Å². The van der Waals surface area contributed by atoms with Gasteiger partial charge < -0.3 is 9.84 Å². The highest BCUT2D eigenvalue weighted by Crippen LogP contribution is 2.43. The summed E-state index contributed by atoms with van der Waals surface area (Å²) in [5, 5.41) is 11.4. The maximum Gasteiger partial charge on any atom is 0.301 e. The molecular weight excluding hydrogens is 419 g/mol. The molecule has 1 N–H and O–H groups in total. The molecule has 6 nitrogen and oxygen atoms in total. The first-order valence-electron chi connectivity index (χ1n) is 9.46. The molecule has 31 heavy (non-hydrogen) atoms. The minimum absolute atomic E-state index is 0.0766. The maximum atomic E-state index is 13.6. The van der Waals surface area contributed by atoms with Gasteiger partial charge in [0.1, 0.15) is 17.3 Å². The molecule has 0 bridgehead atoms. The fourth-order valence-electron chi connectivity index (χ4n) is 3.45. The number of carbonyl (C=O) groups is 2. The van der Waals surface area contributed by atoms with E-state index in [1.807, 2.05) is 13.8 Å². The number of ketones is 1. The summed E-state index contributed by atoms with van der Waals surface area (Å²) in [4.78, 5) is 32.7. The predicted octanol–water partition coefficient (Wildman–Crippen LogP) is 4.53. The number of hydrogen-bond acceptors (Lipinski definition) is 6. The molecular formula is C23H19FN2O4S. The molecule has 158 valence electrons. The van der Waals surface area contributed by atoms with Crippen molar-refractivity contribution in [3.05, 3.63) is 81.6 Å². The van der Waals surface area contributed by atoms with Gasteiger partial charge in [-0.25, -0.2) is 9.37 Å². The Kier molecular flexibility index (Phi) is 5.32. The number of benzene rings is 2. The molecule has 2 aromatic carbocycles. The quantitative estimate of drug-likeness (QED) is 0.368. The van der Waals surface area contributed by atoms with Gasteiger partial charge in [0.05, 0.1) is 24.4 Å². The number of aromatic nitrogens is 1. The normalized spacial score (nSPS) is 17.9. The van der Waals surface area contributed by atoms with Crippen molar-refractivity contribution in [3.63, 3.8) is 0 Å². The van der Waals surface area contributed by atoms with Crippen LogP contribution in [0.2, 0.25) is 0 Å². The second kappa shape index (κ2) is 7.96. The molecule has 1 saturated heterocycles. The van der Waals surface area contributed by atoms with Gasteiger partial charge in [-0.05, 0) is 55.8 Å². The highest BCUT2D eigenvalue weighted by Gasteiger charge is 2.48. The lowest BCUT2D eigenvalue weighted by atomic mass is 9.95. The molecule has 8 heteroatoms. The molecule has 4 rings (SSSR count). The molecule has 0 unspecified atom stereocenters. The summed E-state index contributed by atoms with van der Waals surface area (Å²) in [6.45, 7) is 3.69. The van der Waals surface area contributed by atoms with E-state index in [9.17, 15) is 19.1 Å². The minimum Gasteiger partial charge on any atom is -0.507 e. The van der Waals surface area contributed by atoms with Gasteiger partial charge in [0.25, 0.3) is 5.78 Å². The average molecular weight is 438 g/mol. The molecule has 0 spiro atoms.